The minimum Gasteiger partial charge on any atom is -0.497 e. The molecule has 3 aromatic rings. The van der Waals surface area contributed by atoms with Gasteiger partial charge in [-0.3, -0.25) is 10.1 Å². The van der Waals surface area contributed by atoms with Crippen LogP contribution in [-0.2, 0) is 6.54 Å². The quantitative estimate of drug-likeness (QED) is 0.255. The summed E-state index contributed by atoms with van der Waals surface area (Å²) in [4.78, 5) is 30.1. The number of nitrogens with one attached hydrogen (secondary N) is 1. The Balaban J connectivity index is 1.73. The van der Waals surface area contributed by atoms with E-state index in [2.05, 4.69) is 5.32 Å². The SMILES string of the molecule is COc1cc(CN2C(=O)N(c3cccc(Cl)c3)C(N(O)C(=O)Nc3cccc(Cl)c3)C2(C)C)cc(OC)c1. The first-order valence-corrected chi connectivity index (χ1v) is 12.4. The van der Waals surface area contributed by atoms with Crippen LogP contribution in [0.1, 0.15) is 19.4 Å². The molecule has 1 aliphatic rings. The molecule has 9 nitrogen and oxygen atoms in total. The van der Waals surface area contributed by atoms with Gasteiger partial charge >= 0.3 is 12.1 Å². The average Bonchev–Trinajstić information content (AvgIpc) is 3.08. The van der Waals surface area contributed by atoms with Gasteiger partial charge in [0.1, 0.15) is 11.5 Å². The molecule has 4 amide bonds. The monoisotopic (exact) mass is 558 g/mol. The van der Waals surface area contributed by atoms with E-state index in [1.54, 1.807) is 99.7 Å². The lowest BCUT2D eigenvalue weighted by molar-refractivity contribution is -0.0954. The molecule has 0 saturated carbocycles. The highest BCUT2D eigenvalue weighted by Gasteiger charge is 2.56. The highest BCUT2D eigenvalue weighted by molar-refractivity contribution is 6.31. The van der Waals surface area contributed by atoms with Gasteiger partial charge in [-0.05, 0) is 67.9 Å². The van der Waals surface area contributed by atoms with Crippen LogP contribution in [0.2, 0.25) is 10.0 Å². The number of carbonyl (C=O) groups excluding carboxylic acids is 2. The Labute approximate surface area is 231 Å². The van der Waals surface area contributed by atoms with Gasteiger partial charge in [0.25, 0.3) is 0 Å². The van der Waals surface area contributed by atoms with Crippen molar-refractivity contribution >= 4 is 46.6 Å². The smallest absolute Gasteiger partial charge is 0.347 e. The predicted molar refractivity (Wildman–Crippen MR) is 146 cm³/mol. The van der Waals surface area contributed by atoms with E-state index in [9.17, 15) is 14.8 Å². The van der Waals surface area contributed by atoms with Gasteiger partial charge in [0.15, 0.2) is 6.17 Å². The van der Waals surface area contributed by atoms with Crippen LogP contribution in [0.4, 0.5) is 21.0 Å². The molecule has 4 rings (SSSR count). The number of methoxy groups -OCH3 is 2. The van der Waals surface area contributed by atoms with Gasteiger partial charge in [-0.1, -0.05) is 35.3 Å². The largest absolute Gasteiger partial charge is 0.497 e. The first kappa shape index (κ1) is 27.4. The van der Waals surface area contributed by atoms with E-state index in [1.165, 1.54) is 4.90 Å². The maximum atomic E-state index is 13.9. The average molecular weight is 559 g/mol. The van der Waals surface area contributed by atoms with Crippen molar-refractivity contribution in [3.63, 3.8) is 0 Å². The second-order valence-electron chi connectivity index (χ2n) is 9.25. The van der Waals surface area contributed by atoms with Gasteiger partial charge in [-0.25, -0.2) is 9.59 Å². The summed E-state index contributed by atoms with van der Waals surface area (Å²) in [6.45, 7) is 3.69. The number of halogens is 2. The number of carbonyl (C=O) groups is 2. The third-order valence-electron chi connectivity index (χ3n) is 6.36. The molecule has 38 heavy (non-hydrogen) atoms. The van der Waals surface area contributed by atoms with Crippen molar-refractivity contribution in [3.8, 4) is 11.5 Å². The first-order chi connectivity index (χ1) is 18.0. The third-order valence-corrected chi connectivity index (χ3v) is 6.83. The molecular weight excluding hydrogens is 531 g/mol. The molecule has 0 radical (unpaired) electrons. The van der Waals surface area contributed by atoms with Gasteiger partial charge in [0.05, 0.1) is 19.8 Å². The summed E-state index contributed by atoms with van der Waals surface area (Å²) in [5.74, 6) is 1.13. The number of urea groups is 2. The van der Waals surface area contributed by atoms with E-state index in [0.29, 0.717) is 38.0 Å². The third kappa shape index (κ3) is 5.45. The van der Waals surface area contributed by atoms with E-state index >= 15 is 0 Å². The molecule has 2 N–H and O–H groups in total. The Morgan fingerprint density at radius 1 is 1.00 bits per heavy atom. The van der Waals surface area contributed by atoms with Crippen LogP contribution in [-0.4, -0.2) is 53.2 Å². The highest BCUT2D eigenvalue weighted by Crippen LogP contribution is 2.40. The molecule has 1 atom stereocenters. The molecule has 1 saturated heterocycles. The zero-order valence-electron chi connectivity index (χ0n) is 21.3. The standard InChI is InChI=1S/C27H28Cl2N4O5/c1-27(2)24(33(36)25(34)30-20-9-5-7-18(28)13-20)32(21-10-6-8-19(29)14-21)26(35)31(27)16-17-11-22(37-3)15-23(12-17)38-4/h5-15,24,36H,16H2,1-4H3,(H,30,34). The zero-order chi connectivity index (χ0) is 27.6. The van der Waals surface area contributed by atoms with Gasteiger partial charge in [-0.15, -0.1) is 0 Å². The Bertz CT molecular complexity index is 1330. The van der Waals surface area contributed by atoms with Crippen LogP contribution < -0.4 is 19.7 Å². The van der Waals surface area contributed by atoms with Crippen LogP contribution in [0.3, 0.4) is 0 Å². The summed E-state index contributed by atoms with van der Waals surface area (Å²) in [6.07, 6.45) is -1.12. The maximum absolute atomic E-state index is 13.9. The van der Waals surface area contributed by atoms with E-state index in [1.807, 2.05) is 0 Å². The fourth-order valence-electron chi connectivity index (χ4n) is 4.49. The Morgan fingerprint density at radius 3 is 2.18 bits per heavy atom. The van der Waals surface area contributed by atoms with Gasteiger partial charge < -0.3 is 19.7 Å². The van der Waals surface area contributed by atoms with Crippen LogP contribution in [0.25, 0.3) is 0 Å². The lowest BCUT2D eigenvalue weighted by Crippen LogP contribution is -2.58. The molecule has 3 aromatic carbocycles. The van der Waals surface area contributed by atoms with Crippen molar-refractivity contribution < 1.29 is 24.3 Å². The summed E-state index contributed by atoms with van der Waals surface area (Å²) in [5.41, 5.74) is 0.470. The van der Waals surface area contributed by atoms with Crippen LogP contribution in [0.15, 0.2) is 66.7 Å². The van der Waals surface area contributed by atoms with Crippen molar-refractivity contribution in [2.24, 2.45) is 0 Å². The van der Waals surface area contributed by atoms with E-state index < -0.39 is 23.8 Å². The van der Waals surface area contributed by atoms with E-state index in [4.69, 9.17) is 32.7 Å². The number of hydrogen-bond donors (Lipinski definition) is 2. The molecule has 11 heteroatoms. The molecule has 1 heterocycles. The second kappa shape index (κ2) is 11.0. The lowest BCUT2D eigenvalue weighted by atomic mass is 9.99. The van der Waals surface area contributed by atoms with Gasteiger partial charge in [0.2, 0.25) is 0 Å². The number of anilines is 2. The van der Waals surface area contributed by atoms with Gasteiger partial charge in [-0.2, -0.15) is 5.06 Å². The Hall–Kier alpha value is -3.66. The minimum atomic E-state index is -1.12. The number of hydrogen-bond acceptors (Lipinski definition) is 5. The lowest BCUT2D eigenvalue weighted by Gasteiger charge is -2.38. The molecule has 0 spiro atoms. The predicted octanol–water partition coefficient (Wildman–Crippen LogP) is 6.48. The van der Waals surface area contributed by atoms with Crippen molar-refractivity contribution in [1.29, 1.82) is 0 Å². The van der Waals surface area contributed by atoms with E-state index in [0.717, 1.165) is 5.56 Å². The summed E-state index contributed by atoms with van der Waals surface area (Å²) >= 11 is 12.3. The van der Waals surface area contributed by atoms with E-state index in [-0.39, 0.29) is 6.54 Å². The van der Waals surface area contributed by atoms with Crippen molar-refractivity contribution in [1.82, 2.24) is 9.96 Å². The zero-order valence-corrected chi connectivity index (χ0v) is 22.8. The fourth-order valence-corrected chi connectivity index (χ4v) is 4.87. The fraction of sp³-hybridized carbons (Fsp3) is 0.259. The number of amides is 4. The molecule has 1 fully saturated rings. The van der Waals surface area contributed by atoms with Crippen LogP contribution in [0.5, 0.6) is 11.5 Å². The molecule has 200 valence electrons. The summed E-state index contributed by atoms with van der Waals surface area (Å²) in [6, 6.07) is 17.2. The molecule has 0 aliphatic carbocycles. The van der Waals surface area contributed by atoms with Crippen molar-refractivity contribution in [3.05, 3.63) is 82.3 Å². The number of hydroxylamine groups is 2. The number of nitrogens with zero attached hydrogens (tertiary/aromatic N) is 3. The molecule has 0 bridgehead atoms. The topological polar surface area (TPSA) is 94.6 Å². The van der Waals surface area contributed by atoms with Gasteiger partial charge in [0, 0.05) is 34.0 Å². The molecular formula is C27H28Cl2N4O5. The highest BCUT2D eigenvalue weighted by atomic mass is 35.5. The second-order valence-corrected chi connectivity index (χ2v) is 10.1. The van der Waals surface area contributed by atoms with Crippen molar-refractivity contribution in [2.75, 3.05) is 24.4 Å². The summed E-state index contributed by atoms with van der Waals surface area (Å²) in [7, 11) is 3.09. The Morgan fingerprint density at radius 2 is 1.61 bits per heavy atom. The van der Waals surface area contributed by atoms with Crippen LogP contribution >= 0.6 is 23.2 Å². The number of rotatable bonds is 7. The first-order valence-electron chi connectivity index (χ1n) is 11.7. The number of benzene rings is 3. The van der Waals surface area contributed by atoms with Crippen LogP contribution in [0, 0.1) is 0 Å². The Kier molecular flexibility index (Phi) is 7.91. The summed E-state index contributed by atoms with van der Waals surface area (Å²) in [5, 5.41) is 15.2. The van der Waals surface area contributed by atoms with Crippen molar-refractivity contribution in [2.45, 2.75) is 32.1 Å². The maximum Gasteiger partial charge on any atom is 0.347 e. The molecule has 1 unspecified atom stereocenters. The molecule has 1 aliphatic heterocycles. The minimum absolute atomic E-state index is 0.150. The molecule has 0 aromatic heterocycles. The summed E-state index contributed by atoms with van der Waals surface area (Å²) < 4.78 is 10.8. The number of ether oxygens (including phenoxy) is 2. The normalized spacial score (nSPS) is 16.4.